The number of aliphatic hydroxyl groups is 1. The van der Waals surface area contributed by atoms with Crippen molar-refractivity contribution in [3.63, 3.8) is 0 Å². The van der Waals surface area contributed by atoms with Gasteiger partial charge in [-0.1, -0.05) is 13.8 Å². The second-order valence-corrected chi connectivity index (χ2v) is 4.39. The normalized spacial score (nSPS) is 20.6. The predicted molar refractivity (Wildman–Crippen MR) is 55.0 cm³/mol. The molecule has 0 radical (unpaired) electrons. The molecule has 1 aliphatic rings. The summed E-state index contributed by atoms with van der Waals surface area (Å²) in [6, 6.07) is 0. The van der Waals surface area contributed by atoms with Gasteiger partial charge in [0, 0.05) is 0 Å². The molecule has 84 valence electrons. The maximum Gasteiger partial charge on any atom is 0.157 e. The summed E-state index contributed by atoms with van der Waals surface area (Å²) >= 11 is 0. The summed E-state index contributed by atoms with van der Waals surface area (Å²) in [4.78, 5) is 0. The van der Waals surface area contributed by atoms with Crippen LogP contribution in [0.15, 0.2) is 0 Å². The molecule has 0 saturated carbocycles. The highest BCUT2D eigenvalue weighted by Gasteiger charge is 2.16. The first-order chi connectivity index (χ1) is 6.68. The molecule has 0 aromatic heterocycles. The maximum atomic E-state index is 9.61. The van der Waals surface area contributed by atoms with Crippen molar-refractivity contribution in [1.29, 1.82) is 0 Å². The largest absolute Gasteiger partial charge is 0.393 e. The lowest BCUT2D eigenvalue weighted by Crippen LogP contribution is -2.12. The summed E-state index contributed by atoms with van der Waals surface area (Å²) in [7, 11) is 0. The lowest BCUT2D eigenvalue weighted by Gasteiger charge is -2.14. The minimum absolute atomic E-state index is 0.0127. The molecule has 0 bridgehead atoms. The third kappa shape index (κ3) is 4.94. The molecule has 0 aromatic carbocycles. The van der Waals surface area contributed by atoms with E-state index in [1.165, 1.54) is 0 Å². The molecule has 14 heavy (non-hydrogen) atoms. The second-order valence-electron chi connectivity index (χ2n) is 4.39. The molecule has 0 aliphatic carbocycles. The fraction of sp³-hybridized carbons (Fsp3) is 1.00. The third-order valence-corrected chi connectivity index (χ3v) is 2.41. The highest BCUT2D eigenvalue weighted by molar-refractivity contribution is 4.60. The first kappa shape index (κ1) is 12.0. The first-order valence-electron chi connectivity index (χ1n) is 5.59. The van der Waals surface area contributed by atoms with Gasteiger partial charge in [-0.05, 0) is 31.6 Å². The van der Waals surface area contributed by atoms with E-state index in [9.17, 15) is 5.11 Å². The van der Waals surface area contributed by atoms with Crippen LogP contribution in [0.25, 0.3) is 0 Å². The van der Waals surface area contributed by atoms with Crippen molar-refractivity contribution in [2.24, 2.45) is 5.92 Å². The van der Waals surface area contributed by atoms with Crippen LogP contribution in [-0.4, -0.2) is 30.7 Å². The van der Waals surface area contributed by atoms with Gasteiger partial charge in [0.05, 0.1) is 19.3 Å². The van der Waals surface area contributed by atoms with Crippen molar-refractivity contribution in [2.45, 2.75) is 51.9 Å². The lowest BCUT2D eigenvalue weighted by molar-refractivity contribution is -0.0495. The Hall–Kier alpha value is -0.120. The van der Waals surface area contributed by atoms with Crippen LogP contribution in [-0.2, 0) is 9.47 Å². The molecule has 1 unspecified atom stereocenters. The van der Waals surface area contributed by atoms with E-state index < -0.39 is 0 Å². The van der Waals surface area contributed by atoms with Gasteiger partial charge in [-0.2, -0.15) is 0 Å². The highest BCUT2D eigenvalue weighted by atomic mass is 16.7. The summed E-state index contributed by atoms with van der Waals surface area (Å²) in [5.41, 5.74) is 0. The van der Waals surface area contributed by atoms with Crippen molar-refractivity contribution < 1.29 is 14.6 Å². The van der Waals surface area contributed by atoms with Crippen LogP contribution in [0.3, 0.4) is 0 Å². The number of aliphatic hydroxyl groups excluding tert-OH is 1. The lowest BCUT2D eigenvalue weighted by atomic mass is 10.0. The fourth-order valence-corrected chi connectivity index (χ4v) is 1.76. The third-order valence-electron chi connectivity index (χ3n) is 2.41. The Bertz CT molecular complexity index is 141. The molecular formula is C11H22O3. The molecule has 0 amide bonds. The van der Waals surface area contributed by atoms with Crippen molar-refractivity contribution in [3.05, 3.63) is 0 Å². The molecular weight excluding hydrogens is 180 g/mol. The molecule has 1 heterocycles. The van der Waals surface area contributed by atoms with Crippen LogP contribution < -0.4 is 0 Å². The minimum atomic E-state index is -0.156. The first-order valence-corrected chi connectivity index (χ1v) is 5.59. The maximum absolute atomic E-state index is 9.61. The number of ether oxygens (including phenoxy) is 2. The number of hydrogen-bond acceptors (Lipinski definition) is 3. The van der Waals surface area contributed by atoms with Gasteiger partial charge in [-0.15, -0.1) is 0 Å². The smallest absolute Gasteiger partial charge is 0.157 e. The molecule has 3 heteroatoms. The van der Waals surface area contributed by atoms with Gasteiger partial charge in [-0.3, -0.25) is 0 Å². The topological polar surface area (TPSA) is 38.7 Å². The predicted octanol–water partition coefficient (Wildman–Crippen LogP) is 1.94. The zero-order chi connectivity index (χ0) is 10.4. The van der Waals surface area contributed by atoms with Crippen LogP contribution in [0, 0.1) is 5.92 Å². The van der Waals surface area contributed by atoms with Crippen LogP contribution in [0.5, 0.6) is 0 Å². The summed E-state index contributed by atoms with van der Waals surface area (Å²) in [6.07, 6.45) is 3.49. The Kier molecular flexibility index (Phi) is 5.45. The van der Waals surface area contributed by atoms with E-state index >= 15 is 0 Å². The molecule has 1 rings (SSSR count). The Labute approximate surface area is 86.4 Å². The molecule has 0 aromatic rings. The average molecular weight is 202 g/mol. The summed E-state index contributed by atoms with van der Waals surface area (Å²) in [5, 5.41) is 9.61. The minimum Gasteiger partial charge on any atom is -0.393 e. The molecule has 1 aliphatic heterocycles. The van der Waals surface area contributed by atoms with Crippen molar-refractivity contribution in [1.82, 2.24) is 0 Å². The van der Waals surface area contributed by atoms with E-state index in [-0.39, 0.29) is 12.4 Å². The molecule has 3 nitrogen and oxygen atoms in total. The van der Waals surface area contributed by atoms with Gasteiger partial charge in [0.2, 0.25) is 0 Å². The molecule has 1 atom stereocenters. The van der Waals surface area contributed by atoms with Gasteiger partial charge in [0.25, 0.3) is 0 Å². The number of hydrogen-bond donors (Lipinski definition) is 1. The van der Waals surface area contributed by atoms with Gasteiger partial charge < -0.3 is 14.6 Å². The Morgan fingerprint density at radius 3 is 2.50 bits per heavy atom. The average Bonchev–Trinajstić information content (AvgIpc) is 2.55. The number of rotatable bonds is 6. The van der Waals surface area contributed by atoms with E-state index in [2.05, 4.69) is 13.8 Å². The Morgan fingerprint density at radius 2 is 1.93 bits per heavy atom. The highest BCUT2D eigenvalue weighted by Crippen LogP contribution is 2.15. The quantitative estimate of drug-likeness (QED) is 0.715. The summed E-state index contributed by atoms with van der Waals surface area (Å²) in [6.45, 7) is 5.71. The standard InChI is InChI=1S/C11H22O3/c1-9(2)8-10(12)4-3-5-11-13-6-7-14-11/h9-12H,3-8H2,1-2H3. The summed E-state index contributed by atoms with van der Waals surface area (Å²) < 4.78 is 10.6. The van der Waals surface area contributed by atoms with Gasteiger partial charge in [0.1, 0.15) is 0 Å². The van der Waals surface area contributed by atoms with E-state index in [0.717, 1.165) is 38.9 Å². The second kappa shape index (κ2) is 6.38. The monoisotopic (exact) mass is 202 g/mol. The van der Waals surface area contributed by atoms with E-state index in [0.29, 0.717) is 5.92 Å². The zero-order valence-electron chi connectivity index (χ0n) is 9.24. The molecule has 1 fully saturated rings. The van der Waals surface area contributed by atoms with Crippen molar-refractivity contribution >= 4 is 0 Å². The molecule has 1 saturated heterocycles. The van der Waals surface area contributed by atoms with Crippen LogP contribution in [0.2, 0.25) is 0 Å². The van der Waals surface area contributed by atoms with Gasteiger partial charge in [0.15, 0.2) is 6.29 Å². The van der Waals surface area contributed by atoms with Crippen LogP contribution in [0.4, 0.5) is 0 Å². The van der Waals surface area contributed by atoms with E-state index in [1.807, 2.05) is 0 Å². The summed E-state index contributed by atoms with van der Waals surface area (Å²) in [5.74, 6) is 0.573. The SMILES string of the molecule is CC(C)CC(O)CCCC1OCCO1. The van der Waals surface area contributed by atoms with Crippen molar-refractivity contribution in [2.75, 3.05) is 13.2 Å². The van der Waals surface area contributed by atoms with Gasteiger partial charge in [-0.25, -0.2) is 0 Å². The molecule has 1 N–H and O–H groups in total. The van der Waals surface area contributed by atoms with Gasteiger partial charge >= 0.3 is 0 Å². The van der Waals surface area contributed by atoms with E-state index in [1.54, 1.807) is 0 Å². The zero-order valence-corrected chi connectivity index (χ0v) is 9.24. The Morgan fingerprint density at radius 1 is 1.29 bits per heavy atom. The van der Waals surface area contributed by atoms with Crippen LogP contribution in [0.1, 0.15) is 39.5 Å². The van der Waals surface area contributed by atoms with E-state index in [4.69, 9.17) is 9.47 Å². The fourth-order valence-electron chi connectivity index (χ4n) is 1.76. The van der Waals surface area contributed by atoms with Crippen molar-refractivity contribution in [3.8, 4) is 0 Å². The molecule has 0 spiro atoms. The Balaban J connectivity index is 1.96. The van der Waals surface area contributed by atoms with Crippen LogP contribution >= 0.6 is 0 Å².